The number of amides is 1. The van der Waals surface area contributed by atoms with Crippen molar-refractivity contribution in [3.8, 4) is 0 Å². The van der Waals surface area contributed by atoms with Gasteiger partial charge in [-0.15, -0.1) is 0 Å². The van der Waals surface area contributed by atoms with E-state index in [1.165, 1.54) is 24.8 Å². The summed E-state index contributed by atoms with van der Waals surface area (Å²) >= 11 is 1.18. The Morgan fingerprint density at radius 3 is 2.18 bits per heavy atom. The Kier molecular flexibility index (Phi) is 8.76. The highest BCUT2D eigenvalue weighted by molar-refractivity contribution is 7.99. The molecule has 1 aromatic carbocycles. The number of carbonyl (C=O) groups is 2. The van der Waals surface area contributed by atoms with Crippen LogP contribution in [-0.2, 0) is 20.4 Å². The Morgan fingerprint density at radius 2 is 1.67 bits per heavy atom. The first-order valence-corrected chi connectivity index (χ1v) is 11.1. The van der Waals surface area contributed by atoms with Crippen LogP contribution in [0.25, 0.3) is 0 Å². The zero-order valence-electron chi connectivity index (χ0n) is 19.0. The first kappa shape index (κ1) is 26.5. The van der Waals surface area contributed by atoms with Crippen LogP contribution in [0.3, 0.4) is 0 Å². The highest BCUT2D eigenvalue weighted by atomic mass is 32.2. The van der Waals surface area contributed by atoms with Crippen molar-refractivity contribution in [3.05, 3.63) is 59.8 Å². The topological polar surface area (TPSA) is 77.5 Å². The van der Waals surface area contributed by atoms with Crippen molar-refractivity contribution in [1.29, 1.82) is 0 Å². The fourth-order valence-electron chi connectivity index (χ4n) is 2.72. The standard InChI is InChI=1S/C23H27F3N2O4S/c1-14(28-21(30)32-22(3,4)5)20(29)31-15(2)19(16-9-7-6-8-10-16)33-18-12-11-17(13-27-18)23(24,25)26/h6-15,19H,1-5H3,(H,28,30)/t14-,15-,19-/m0/s1. The second kappa shape index (κ2) is 10.9. The maximum Gasteiger partial charge on any atom is 0.417 e. The molecule has 0 aliphatic rings. The average Bonchev–Trinajstić information content (AvgIpc) is 2.70. The van der Waals surface area contributed by atoms with Gasteiger partial charge in [0, 0.05) is 6.20 Å². The molecule has 0 saturated heterocycles. The maximum atomic E-state index is 12.8. The van der Waals surface area contributed by atoms with Crippen LogP contribution in [0.4, 0.5) is 18.0 Å². The van der Waals surface area contributed by atoms with Gasteiger partial charge in [-0.3, -0.25) is 0 Å². The third-order valence-corrected chi connectivity index (χ3v) is 5.65. The number of hydrogen-bond donors (Lipinski definition) is 1. The number of hydrogen-bond acceptors (Lipinski definition) is 6. The van der Waals surface area contributed by atoms with Gasteiger partial charge in [0.1, 0.15) is 17.7 Å². The Labute approximate surface area is 195 Å². The molecule has 6 nitrogen and oxygen atoms in total. The number of esters is 1. The molecule has 33 heavy (non-hydrogen) atoms. The molecule has 1 amide bonds. The average molecular weight is 485 g/mol. The molecule has 0 spiro atoms. The molecule has 3 atom stereocenters. The number of halogens is 3. The predicted molar refractivity (Wildman–Crippen MR) is 119 cm³/mol. The van der Waals surface area contributed by atoms with E-state index in [-0.39, 0.29) is 0 Å². The number of pyridine rings is 1. The Balaban J connectivity index is 2.12. The molecule has 10 heteroatoms. The van der Waals surface area contributed by atoms with Crippen LogP contribution in [0.5, 0.6) is 0 Å². The molecule has 1 heterocycles. The number of alkyl carbamates (subject to hydrolysis) is 1. The summed E-state index contributed by atoms with van der Waals surface area (Å²) in [7, 11) is 0. The van der Waals surface area contributed by atoms with Crippen LogP contribution in [-0.4, -0.2) is 34.8 Å². The van der Waals surface area contributed by atoms with Crippen LogP contribution < -0.4 is 5.32 Å². The van der Waals surface area contributed by atoms with Gasteiger partial charge < -0.3 is 14.8 Å². The highest BCUT2D eigenvalue weighted by Gasteiger charge is 2.32. The van der Waals surface area contributed by atoms with Crippen LogP contribution in [0, 0.1) is 0 Å². The van der Waals surface area contributed by atoms with E-state index in [9.17, 15) is 22.8 Å². The number of aromatic nitrogens is 1. The molecule has 0 aliphatic heterocycles. The van der Waals surface area contributed by atoms with Crippen LogP contribution >= 0.6 is 11.8 Å². The number of thioether (sulfide) groups is 1. The predicted octanol–water partition coefficient (Wildman–Crippen LogP) is 5.78. The Hall–Kier alpha value is -2.75. The Morgan fingerprint density at radius 1 is 1.03 bits per heavy atom. The van der Waals surface area contributed by atoms with Gasteiger partial charge in [0.2, 0.25) is 0 Å². The smallest absolute Gasteiger partial charge is 0.417 e. The van der Waals surface area contributed by atoms with Crippen LogP contribution in [0.1, 0.15) is 51.0 Å². The van der Waals surface area contributed by atoms with Crippen LogP contribution in [0.15, 0.2) is 53.7 Å². The van der Waals surface area contributed by atoms with Crippen molar-refractivity contribution < 1.29 is 32.2 Å². The SMILES string of the molecule is C[C@H](NC(=O)OC(C)(C)C)C(=O)O[C@@H](C)[C@H](Sc1ccc(C(F)(F)F)cn1)c1ccccc1. The van der Waals surface area contributed by atoms with Gasteiger partial charge in [-0.25, -0.2) is 14.6 Å². The molecular weight excluding hydrogens is 457 g/mol. The van der Waals surface area contributed by atoms with Crippen molar-refractivity contribution in [2.45, 2.75) is 68.8 Å². The fraction of sp³-hybridized carbons (Fsp3) is 0.435. The molecule has 0 aliphatic carbocycles. The van der Waals surface area contributed by atoms with E-state index >= 15 is 0 Å². The summed E-state index contributed by atoms with van der Waals surface area (Å²) in [4.78, 5) is 28.4. The lowest BCUT2D eigenvalue weighted by Gasteiger charge is -2.26. The molecule has 0 fully saturated rings. The second-order valence-corrected chi connectivity index (χ2v) is 9.50. The second-order valence-electron chi connectivity index (χ2n) is 8.34. The zero-order chi connectivity index (χ0) is 24.8. The number of benzene rings is 1. The summed E-state index contributed by atoms with van der Waals surface area (Å²) in [5, 5.41) is 2.33. The quantitative estimate of drug-likeness (QED) is 0.397. The minimum Gasteiger partial charge on any atom is -0.460 e. The van der Waals surface area contributed by atoms with Crippen molar-refractivity contribution in [2.24, 2.45) is 0 Å². The van der Waals surface area contributed by atoms with E-state index < -0.39 is 46.8 Å². The van der Waals surface area contributed by atoms with Gasteiger partial charge in [0.25, 0.3) is 0 Å². The van der Waals surface area contributed by atoms with E-state index in [1.807, 2.05) is 30.3 Å². The highest BCUT2D eigenvalue weighted by Crippen LogP contribution is 2.39. The zero-order valence-corrected chi connectivity index (χ0v) is 19.8. The summed E-state index contributed by atoms with van der Waals surface area (Å²) in [6.07, 6.45) is -5.14. The number of nitrogens with zero attached hydrogens (tertiary/aromatic N) is 1. The molecule has 0 unspecified atom stereocenters. The molecular formula is C23H27F3N2O4S. The van der Waals surface area contributed by atoms with E-state index in [1.54, 1.807) is 27.7 Å². The lowest BCUT2D eigenvalue weighted by atomic mass is 10.1. The van der Waals surface area contributed by atoms with E-state index in [0.717, 1.165) is 17.8 Å². The van der Waals surface area contributed by atoms with Crippen molar-refractivity contribution >= 4 is 23.8 Å². The Bertz CT molecular complexity index is 931. The van der Waals surface area contributed by atoms with Gasteiger partial charge in [-0.05, 0) is 52.3 Å². The number of alkyl halides is 3. The normalized spacial score (nSPS) is 14.7. The van der Waals surface area contributed by atoms with E-state index in [0.29, 0.717) is 5.03 Å². The van der Waals surface area contributed by atoms with Crippen molar-refractivity contribution in [1.82, 2.24) is 10.3 Å². The van der Waals surface area contributed by atoms with Crippen LogP contribution in [0.2, 0.25) is 0 Å². The number of rotatable bonds is 7. The fourth-order valence-corrected chi connectivity index (χ4v) is 3.78. The summed E-state index contributed by atoms with van der Waals surface area (Å²) in [6.45, 7) is 8.26. The molecule has 2 rings (SSSR count). The number of nitrogens with one attached hydrogen (secondary N) is 1. The maximum absolute atomic E-state index is 12.8. The molecule has 1 N–H and O–H groups in total. The molecule has 0 bridgehead atoms. The lowest BCUT2D eigenvalue weighted by molar-refractivity contribution is -0.150. The monoisotopic (exact) mass is 484 g/mol. The summed E-state index contributed by atoms with van der Waals surface area (Å²) in [6, 6.07) is 10.4. The molecule has 0 saturated carbocycles. The first-order valence-electron chi connectivity index (χ1n) is 10.2. The van der Waals surface area contributed by atoms with E-state index in [4.69, 9.17) is 9.47 Å². The molecule has 180 valence electrons. The largest absolute Gasteiger partial charge is 0.460 e. The number of carbonyl (C=O) groups excluding carboxylic acids is 2. The van der Waals surface area contributed by atoms with Gasteiger partial charge in [-0.1, -0.05) is 42.1 Å². The molecule has 1 aromatic heterocycles. The van der Waals surface area contributed by atoms with Gasteiger partial charge in [0.05, 0.1) is 15.8 Å². The lowest BCUT2D eigenvalue weighted by Crippen LogP contribution is -2.43. The van der Waals surface area contributed by atoms with Gasteiger partial charge >= 0.3 is 18.2 Å². The third-order valence-electron chi connectivity index (χ3n) is 4.25. The minimum atomic E-state index is -4.48. The van der Waals surface area contributed by atoms with Gasteiger partial charge in [-0.2, -0.15) is 13.2 Å². The summed E-state index contributed by atoms with van der Waals surface area (Å²) in [5.74, 6) is -0.671. The van der Waals surface area contributed by atoms with Crippen molar-refractivity contribution in [3.63, 3.8) is 0 Å². The molecule has 0 radical (unpaired) electrons. The van der Waals surface area contributed by atoms with Gasteiger partial charge in [0.15, 0.2) is 0 Å². The minimum absolute atomic E-state index is 0.347. The van der Waals surface area contributed by atoms with Crippen molar-refractivity contribution in [2.75, 3.05) is 0 Å². The summed E-state index contributed by atoms with van der Waals surface area (Å²) in [5.41, 5.74) is -0.757. The number of ether oxygens (including phenoxy) is 2. The van der Waals surface area contributed by atoms with E-state index in [2.05, 4.69) is 10.3 Å². The third kappa shape index (κ3) is 8.60. The first-order chi connectivity index (χ1) is 15.3. The molecule has 2 aromatic rings. The summed E-state index contributed by atoms with van der Waals surface area (Å²) < 4.78 is 49.2.